The summed E-state index contributed by atoms with van der Waals surface area (Å²) in [6.45, 7) is 14.3. The first-order valence-electron chi connectivity index (χ1n) is 10.5. The van der Waals surface area contributed by atoms with Crippen LogP contribution in [0, 0.1) is 17.3 Å². The van der Waals surface area contributed by atoms with Crippen LogP contribution < -0.4 is 5.32 Å². The van der Waals surface area contributed by atoms with Crippen LogP contribution in [-0.4, -0.2) is 13.1 Å². The zero-order valence-corrected chi connectivity index (χ0v) is 17.5. The fraction of sp³-hybridized carbons (Fsp3) is 1.00. The van der Waals surface area contributed by atoms with Crippen molar-refractivity contribution in [2.24, 2.45) is 17.3 Å². The molecule has 0 aromatic heterocycles. The van der Waals surface area contributed by atoms with Crippen LogP contribution in [0.1, 0.15) is 112 Å². The molecule has 0 amide bonds. The molecule has 23 heavy (non-hydrogen) atoms. The van der Waals surface area contributed by atoms with E-state index in [9.17, 15) is 0 Å². The van der Waals surface area contributed by atoms with Crippen molar-refractivity contribution < 1.29 is 0 Å². The second-order valence-corrected chi connectivity index (χ2v) is 8.72. The van der Waals surface area contributed by atoms with Crippen LogP contribution in [0.15, 0.2) is 0 Å². The van der Waals surface area contributed by atoms with E-state index in [0.717, 1.165) is 11.8 Å². The highest BCUT2D eigenvalue weighted by Gasteiger charge is 2.23. The molecule has 0 bridgehead atoms. The molecule has 0 heterocycles. The predicted octanol–water partition coefficient (Wildman–Crippen LogP) is 7.20. The van der Waals surface area contributed by atoms with Crippen LogP contribution in [0.25, 0.3) is 0 Å². The second kappa shape index (κ2) is 13.3. The van der Waals surface area contributed by atoms with Crippen molar-refractivity contribution in [2.75, 3.05) is 7.05 Å². The Kier molecular flexibility index (Phi) is 13.3. The van der Waals surface area contributed by atoms with E-state index in [1.807, 2.05) is 0 Å². The Morgan fingerprint density at radius 1 is 0.783 bits per heavy atom. The summed E-state index contributed by atoms with van der Waals surface area (Å²) in [5.41, 5.74) is 0.421. The van der Waals surface area contributed by atoms with E-state index in [4.69, 9.17) is 0 Å². The second-order valence-electron chi connectivity index (χ2n) is 8.72. The lowest BCUT2D eigenvalue weighted by molar-refractivity contribution is 0.236. The monoisotopic (exact) mass is 325 g/mol. The summed E-state index contributed by atoms with van der Waals surface area (Å²) in [7, 11) is 2.08. The molecule has 0 aromatic carbocycles. The Morgan fingerprint density at radius 3 is 2.04 bits per heavy atom. The molecule has 0 fully saturated rings. The maximum absolute atomic E-state index is 3.42. The van der Waals surface area contributed by atoms with E-state index in [1.54, 1.807) is 0 Å². The van der Waals surface area contributed by atoms with E-state index < -0.39 is 0 Å². The molecule has 0 aliphatic carbocycles. The van der Waals surface area contributed by atoms with E-state index in [1.165, 1.54) is 70.6 Å². The van der Waals surface area contributed by atoms with Gasteiger partial charge in [0.1, 0.15) is 0 Å². The third kappa shape index (κ3) is 11.2. The smallest absolute Gasteiger partial charge is 0.00869 e. The Balaban J connectivity index is 3.86. The van der Waals surface area contributed by atoms with Gasteiger partial charge in [0.15, 0.2) is 0 Å². The van der Waals surface area contributed by atoms with Gasteiger partial charge in [0.05, 0.1) is 0 Å². The van der Waals surface area contributed by atoms with Gasteiger partial charge in [-0.2, -0.15) is 0 Å². The van der Waals surface area contributed by atoms with Gasteiger partial charge in [-0.25, -0.2) is 0 Å². The molecule has 3 atom stereocenters. The predicted molar refractivity (Wildman–Crippen MR) is 107 cm³/mol. The molecule has 1 N–H and O–H groups in total. The van der Waals surface area contributed by atoms with E-state index >= 15 is 0 Å². The average Bonchev–Trinajstić information content (AvgIpc) is 2.53. The van der Waals surface area contributed by atoms with Gasteiger partial charge in [0.2, 0.25) is 0 Å². The van der Waals surface area contributed by atoms with Crippen LogP contribution in [0.5, 0.6) is 0 Å². The molecule has 0 saturated carbocycles. The minimum atomic E-state index is 0.421. The summed E-state index contributed by atoms with van der Waals surface area (Å²) < 4.78 is 0. The fourth-order valence-corrected chi connectivity index (χ4v) is 3.68. The number of hydrogen-bond donors (Lipinski definition) is 1. The fourth-order valence-electron chi connectivity index (χ4n) is 3.68. The molecule has 3 unspecified atom stereocenters. The minimum Gasteiger partial charge on any atom is -0.317 e. The first kappa shape index (κ1) is 23.0. The minimum absolute atomic E-state index is 0.421. The van der Waals surface area contributed by atoms with Crippen LogP contribution in [0.4, 0.5) is 0 Å². The number of rotatable bonds is 15. The first-order chi connectivity index (χ1) is 10.9. The quantitative estimate of drug-likeness (QED) is 0.314. The first-order valence-corrected chi connectivity index (χ1v) is 10.5. The van der Waals surface area contributed by atoms with Crippen LogP contribution in [-0.2, 0) is 0 Å². The summed E-state index contributed by atoms with van der Waals surface area (Å²) in [5, 5.41) is 3.42. The SMILES string of the molecule is CCCCC(CCC)CCC(C)CCCCC(C)(C)C(C)NC. The van der Waals surface area contributed by atoms with Crippen LogP contribution in [0.2, 0.25) is 0 Å². The molecule has 1 heteroatoms. The number of hydrogen-bond acceptors (Lipinski definition) is 1. The largest absolute Gasteiger partial charge is 0.317 e. The van der Waals surface area contributed by atoms with Gasteiger partial charge in [-0.05, 0) is 37.6 Å². The Labute approximate surface area is 148 Å². The lowest BCUT2D eigenvalue weighted by atomic mass is 9.80. The molecule has 0 radical (unpaired) electrons. The molecule has 1 nitrogen and oxygen atoms in total. The maximum atomic E-state index is 3.42. The summed E-state index contributed by atoms with van der Waals surface area (Å²) in [6.07, 6.45) is 15.5. The summed E-state index contributed by atoms with van der Waals surface area (Å²) in [5.74, 6) is 1.92. The molecular weight excluding hydrogens is 278 g/mol. The van der Waals surface area contributed by atoms with Crippen molar-refractivity contribution in [3.63, 3.8) is 0 Å². The van der Waals surface area contributed by atoms with Crippen molar-refractivity contribution in [3.05, 3.63) is 0 Å². The lowest BCUT2D eigenvalue weighted by Crippen LogP contribution is -2.37. The standard InChI is InChI=1S/C22H47N/c1-8-10-15-21(13-9-2)17-16-19(3)14-11-12-18-22(5,6)20(4)23-7/h19-21,23H,8-18H2,1-7H3. The third-order valence-corrected chi connectivity index (χ3v) is 6.10. The molecule has 0 aliphatic rings. The normalized spacial score (nSPS) is 16.3. The molecular formula is C22H47N. The van der Waals surface area contributed by atoms with Gasteiger partial charge in [0, 0.05) is 6.04 Å². The summed E-state index contributed by atoms with van der Waals surface area (Å²) in [6, 6.07) is 0.605. The van der Waals surface area contributed by atoms with Gasteiger partial charge in [-0.3, -0.25) is 0 Å². The van der Waals surface area contributed by atoms with Crippen LogP contribution in [0.3, 0.4) is 0 Å². The number of nitrogens with one attached hydrogen (secondary N) is 1. The zero-order chi connectivity index (χ0) is 17.7. The van der Waals surface area contributed by atoms with Gasteiger partial charge < -0.3 is 5.32 Å². The highest BCUT2D eigenvalue weighted by atomic mass is 14.9. The Bertz CT molecular complexity index is 259. The van der Waals surface area contributed by atoms with E-state index in [0.29, 0.717) is 11.5 Å². The van der Waals surface area contributed by atoms with E-state index in [2.05, 4.69) is 53.9 Å². The Morgan fingerprint density at radius 2 is 1.48 bits per heavy atom. The molecule has 140 valence electrons. The zero-order valence-electron chi connectivity index (χ0n) is 17.5. The van der Waals surface area contributed by atoms with Gasteiger partial charge in [-0.15, -0.1) is 0 Å². The van der Waals surface area contributed by atoms with E-state index in [-0.39, 0.29) is 0 Å². The third-order valence-electron chi connectivity index (χ3n) is 6.10. The van der Waals surface area contributed by atoms with Crippen molar-refractivity contribution >= 4 is 0 Å². The molecule has 0 aliphatic heterocycles. The van der Waals surface area contributed by atoms with Gasteiger partial charge in [-0.1, -0.05) is 98.8 Å². The van der Waals surface area contributed by atoms with Crippen molar-refractivity contribution in [1.29, 1.82) is 0 Å². The maximum Gasteiger partial charge on any atom is 0.00869 e. The topological polar surface area (TPSA) is 12.0 Å². The molecule has 0 rings (SSSR count). The van der Waals surface area contributed by atoms with Crippen LogP contribution >= 0.6 is 0 Å². The molecule has 0 spiro atoms. The van der Waals surface area contributed by atoms with Gasteiger partial charge >= 0.3 is 0 Å². The van der Waals surface area contributed by atoms with Crippen molar-refractivity contribution in [2.45, 2.75) is 118 Å². The average molecular weight is 326 g/mol. The summed E-state index contributed by atoms with van der Waals surface area (Å²) >= 11 is 0. The molecule has 0 saturated heterocycles. The lowest BCUT2D eigenvalue weighted by Gasteiger charge is -2.31. The van der Waals surface area contributed by atoms with Gasteiger partial charge in [0.25, 0.3) is 0 Å². The van der Waals surface area contributed by atoms with Crippen molar-refractivity contribution in [3.8, 4) is 0 Å². The highest BCUT2D eigenvalue weighted by Crippen LogP contribution is 2.29. The Hall–Kier alpha value is -0.0400. The summed E-state index contributed by atoms with van der Waals surface area (Å²) in [4.78, 5) is 0. The molecule has 0 aromatic rings. The number of unbranched alkanes of at least 4 members (excludes halogenated alkanes) is 2. The van der Waals surface area contributed by atoms with Crippen molar-refractivity contribution in [1.82, 2.24) is 5.32 Å². The highest BCUT2D eigenvalue weighted by molar-refractivity contribution is 4.79.